The molecule has 0 aliphatic carbocycles. The van der Waals surface area contributed by atoms with Gasteiger partial charge in [-0.3, -0.25) is 9.55 Å². The maximum absolute atomic E-state index is 5.67. The molecule has 0 radical (unpaired) electrons. The summed E-state index contributed by atoms with van der Waals surface area (Å²) in [4.78, 5) is 14.4. The Labute approximate surface area is 326 Å². The van der Waals surface area contributed by atoms with E-state index in [-0.39, 0.29) is 5.41 Å². The largest absolute Gasteiger partial charge is 0.354 e. The molecular weight excluding hydrogens is 681 g/mol. The van der Waals surface area contributed by atoms with E-state index in [0.29, 0.717) is 0 Å². The summed E-state index contributed by atoms with van der Waals surface area (Å²) in [5, 5.41) is 2.42. The average molecular weight is 721 g/mol. The van der Waals surface area contributed by atoms with Gasteiger partial charge in [0.2, 0.25) is 0 Å². The van der Waals surface area contributed by atoms with Gasteiger partial charge in [0.05, 0.1) is 22.2 Å². The van der Waals surface area contributed by atoms with Gasteiger partial charge < -0.3 is 4.98 Å². The Bertz CT molecular complexity index is 3040. The lowest BCUT2D eigenvalue weighted by Crippen LogP contribution is -2.11. The van der Waals surface area contributed by atoms with Crippen LogP contribution in [0.15, 0.2) is 182 Å². The molecule has 1 N–H and O–H groups in total. The summed E-state index contributed by atoms with van der Waals surface area (Å²) in [5.74, 6) is 0.901. The highest BCUT2D eigenvalue weighted by molar-refractivity contribution is 6.12. The number of hydrogen-bond donors (Lipinski definition) is 1. The van der Waals surface area contributed by atoms with Gasteiger partial charge in [0, 0.05) is 44.9 Å². The zero-order valence-corrected chi connectivity index (χ0v) is 31.7. The molecule has 7 aromatic carbocycles. The van der Waals surface area contributed by atoms with Crippen LogP contribution in [0.4, 0.5) is 0 Å². The van der Waals surface area contributed by atoms with Crippen molar-refractivity contribution in [3.63, 3.8) is 0 Å². The number of aromatic amines is 1. The van der Waals surface area contributed by atoms with Crippen molar-refractivity contribution in [2.45, 2.75) is 26.2 Å². The Hall–Kier alpha value is -7.04. The van der Waals surface area contributed by atoms with Crippen LogP contribution in [-0.4, -0.2) is 19.5 Å². The molecule has 268 valence electrons. The van der Waals surface area contributed by atoms with Crippen molar-refractivity contribution < 1.29 is 0 Å². The Morgan fingerprint density at radius 2 is 1.16 bits per heavy atom. The second-order valence-electron chi connectivity index (χ2n) is 15.6. The second-order valence-corrected chi connectivity index (χ2v) is 15.6. The zero-order valence-electron chi connectivity index (χ0n) is 31.7. The van der Waals surface area contributed by atoms with E-state index < -0.39 is 0 Å². The molecule has 0 saturated carbocycles. The predicted molar refractivity (Wildman–Crippen MR) is 234 cm³/mol. The summed E-state index contributed by atoms with van der Waals surface area (Å²) in [6, 6.07) is 62.7. The number of aromatic nitrogens is 4. The van der Waals surface area contributed by atoms with E-state index >= 15 is 0 Å². The van der Waals surface area contributed by atoms with Crippen LogP contribution in [0.2, 0.25) is 0 Å². The van der Waals surface area contributed by atoms with Crippen molar-refractivity contribution in [3.05, 3.63) is 188 Å². The number of benzene rings is 7. The summed E-state index contributed by atoms with van der Waals surface area (Å²) in [7, 11) is 0. The normalized spacial score (nSPS) is 11.8. The number of H-pyrrole nitrogens is 1. The lowest BCUT2D eigenvalue weighted by atomic mass is 9.85. The molecule has 4 nitrogen and oxygen atoms in total. The highest BCUT2D eigenvalue weighted by Gasteiger charge is 2.24. The number of pyridine rings is 1. The van der Waals surface area contributed by atoms with E-state index in [1.54, 1.807) is 0 Å². The van der Waals surface area contributed by atoms with Gasteiger partial charge in [0.1, 0.15) is 5.82 Å². The highest BCUT2D eigenvalue weighted by Crippen LogP contribution is 2.42. The first kappa shape index (κ1) is 33.5. The minimum atomic E-state index is -0.0732. The SMILES string of the molecule is CC(C)(C)c1cc(-c2nc3c(-c4cc(-c5ccccc5)cc(-c5cc(-c6ccccc6)ccn5)c4)cccc3n2-c2ccccc2)c2[nH]c3ccccc3c2c1. The van der Waals surface area contributed by atoms with Gasteiger partial charge in [0.15, 0.2) is 0 Å². The molecule has 10 aromatic rings. The predicted octanol–water partition coefficient (Wildman–Crippen LogP) is 13.7. The van der Waals surface area contributed by atoms with Gasteiger partial charge >= 0.3 is 0 Å². The van der Waals surface area contributed by atoms with Crippen LogP contribution in [-0.2, 0) is 5.41 Å². The van der Waals surface area contributed by atoms with E-state index in [0.717, 1.165) is 78.2 Å². The third kappa shape index (κ3) is 5.87. The first-order valence-electron chi connectivity index (χ1n) is 19.2. The molecule has 0 fully saturated rings. The average Bonchev–Trinajstić information content (AvgIpc) is 3.83. The topological polar surface area (TPSA) is 46.5 Å². The lowest BCUT2D eigenvalue weighted by Gasteiger charge is -2.21. The maximum atomic E-state index is 5.67. The molecule has 0 aliphatic heterocycles. The Morgan fingerprint density at radius 1 is 0.500 bits per heavy atom. The van der Waals surface area contributed by atoms with Crippen LogP contribution in [0.1, 0.15) is 26.3 Å². The smallest absolute Gasteiger partial charge is 0.147 e. The first-order chi connectivity index (χ1) is 27.4. The van der Waals surface area contributed by atoms with Crippen molar-refractivity contribution in [2.75, 3.05) is 0 Å². The fourth-order valence-electron chi connectivity index (χ4n) is 8.04. The molecule has 0 aliphatic rings. The number of hydrogen-bond acceptors (Lipinski definition) is 2. The minimum absolute atomic E-state index is 0.0732. The van der Waals surface area contributed by atoms with E-state index in [1.807, 2.05) is 6.20 Å². The molecule has 0 spiro atoms. The molecule has 4 heteroatoms. The highest BCUT2D eigenvalue weighted by atomic mass is 15.1. The minimum Gasteiger partial charge on any atom is -0.354 e. The summed E-state index contributed by atoms with van der Waals surface area (Å²) < 4.78 is 2.33. The fraction of sp³-hybridized carbons (Fsp3) is 0.0769. The molecular formula is C52H40N4. The van der Waals surface area contributed by atoms with E-state index in [2.05, 4.69) is 206 Å². The summed E-state index contributed by atoms with van der Waals surface area (Å²) >= 11 is 0. The van der Waals surface area contributed by atoms with Crippen molar-refractivity contribution >= 4 is 32.8 Å². The zero-order chi connectivity index (χ0) is 37.8. The Kier molecular flexibility index (Phi) is 8.00. The molecule has 0 saturated heterocycles. The van der Waals surface area contributed by atoms with Crippen LogP contribution in [0, 0.1) is 0 Å². The molecule has 0 unspecified atom stereocenters. The van der Waals surface area contributed by atoms with Gasteiger partial charge in [-0.05, 0) is 106 Å². The van der Waals surface area contributed by atoms with Gasteiger partial charge in [-0.25, -0.2) is 4.98 Å². The molecule has 3 aromatic heterocycles. The van der Waals surface area contributed by atoms with E-state index in [4.69, 9.17) is 9.97 Å². The van der Waals surface area contributed by atoms with Crippen molar-refractivity contribution in [3.8, 4) is 61.7 Å². The molecule has 0 atom stereocenters. The van der Waals surface area contributed by atoms with E-state index in [1.165, 1.54) is 21.9 Å². The van der Waals surface area contributed by atoms with Crippen molar-refractivity contribution in [1.29, 1.82) is 0 Å². The van der Waals surface area contributed by atoms with Crippen LogP contribution in [0.5, 0.6) is 0 Å². The second kappa shape index (κ2) is 13.4. The number of imidazole rings is 1. The monoisotopic (exact) mass is 720 g/mol. The lowest BCUT2D eigenvalue weighted by molar-refractivity contribution is 0.591. The van der Waals surface area contributed by atoms with Gasteiger partial charge in [0.25, 0.3) is 0 Å². The Balaban J connectivity index is 1.25. The summed E-state index contributed by atoms with van der Waals surface area (Å²) in [5.41, 5.74) is 16.2. The number of para-hydroxylation sites is 3. The number of nitrogens with zero attached hydrogens (tertiary/aromatic N) is 3. The molecule has 10 rings (SSSR count). The van der Waals surface area contributed by atoms with Gasteiger partial charge in [-0.15, -0.1) is 0 Å². The van der Waals surface area contributed by atoms with Crippen LogP contribution >= 0.6 is 0 Å². The van der Waals surface area contributed by atoms with Crippen LogP contribution in [0.3, 0.4) is 0 Å². The molecule has 3 heterocycles. The molecule has 0 amide bonds. The maximum Gasteiger partial charge on any atom is 0.147 e. The van der Waals surface area contributed by atoms with Gasteiger partial charge in [-0.2, -0.15) is 0 Å². The quantitative estimate of drug-likeness (QED) is 0.186. The first-order valence-corrected chi connectivity index (χ1v) is 19.2. The van der Waals surface area contributed by atoms with E-state index in [9.17, 15) is 0 Å². The van der Waals surface area contributed by atoms with Crippen molar-refractivity contribution in [2.24, 2.45) is 0 Å². The number of rotatable bonds is 6. The third-order valence-electron chi connectivity index (χ3n) is 10.9. The Morgan fingerprint density at radius 3 is 1.91 bits per heavy atom. The van der Waals surface area contributed by atoms with Crippen LogP contribution in [0.25, 0.3) is 94.6 Å². The standard InChI is InChI=1S/C52H40N4/c1-52(2,3)40-32-44-43-22-13-14-24-46(43)54-49(44)45(33-40)51-55-50-42(23-15-25-48(50)56(51)41-20-11-6-12-21-41)38-28-37(35-18-9-5-10-19-35)29-39(30-38)47-31-36(26-27-53-47)34-16-7-4-8-17-34/h4-33,54H,1-3H3. The summed E-state index contributed by atoms with van der Waals surface area (Å²) in [6.07, 6.45) is 1.91. The summed E-state index contributed by atoms with van der Waals surface area (Å²) in [6.45, 7) is 6.85. The molecule has 0 bridgehead atoms. The molecule has 56 heavy (non-hydrogen) atoms. The number of nitrogens with one attached hydrogen (secondary N) is 1. The number of fused-ring (bicyclic) bond motifs is 4. The van der Waals surface area contributed by atoms with Gasteiger partial charge in [-0.1, -0.05) is 130 Å². The van der Waals surface area contributed by atoms with Crippen LogP contribution < -0.4 is 0 Å². The third-order valence-corrected chi connectivity index (χ3v) is 10.9. The van der Waals surface area contributed by atoms with Crippen molar-refractivity contribution in [1.82, 2.24) is 19.5 Å². The fourth-order valence-corrected chi connectivity index (χ4v) is 8.04.